The molecule has 8 heteroatoms. The average Bonchev–Trinajstić information content (AvgIpc) is 2.78. The van der Waals surface area contributed by atoms with Crippen molar-refractivity contribution in [3.8, 4) is 0 Å². The summed E-state index contributed by atoms with van der Waals surface area (Å²) in [5.74, 6) is -0.990. The van der Waals surface area contributed by atoms with Gasteiger partial charge in [0.1, 0.15) is 0 Å². The van der Waals surface area contributed by atoms with E-state index in [1.54, 1.807) is 43.3 Å². The normalized spacial score (nSPS) is 11.8. The lowest BCUT2D eigenvalue weighted by Gasteiger charge is -2.14. The summed E-state index contributed by atoms with van der Waals surface area (Å²) in [5, 5.41) is 11.5. The third-order valence-electron chi connectivity index (χ3n) is 5.19. The number of nitro benzene ring substituents is 1. The van der Waals surface area contributed by atoms with Gasteiger partial charge in [-0.25, -0.2) is 13.2 Å². The molecule has 0 saturated heterocycles. The Morgan fingerprint density at radius 3 is 2.27 bits per heavy atom. The zero-order valence-corrected chi connectivity index (χ0v) is 19.3. The monoisotopic (exact) mass is 465 g/mol. The number of esters is 1. The highest BCUT2D eigenvalue weighted by molar-refractivity contribution is 7.96. The van der Waals surface area contributed by atoms with Crippen LogP contribution in [0.3, 0.4) is 0 Å². The van der Waals surface area contributed by atoms with Gasteiger partial charge in [-0.3, -0.25) is 10.1 Å². The van der Waals surface area contributed by atoms with E-state index in [0.717, 1.165) is 18.2 Å². The highest BCUT2D eigenvalue weighted by atomic mass is 32.2. The fourth-order valence-corrected chi connectivity index (χ4v) is 5.01. The molecule has 0 aliphatic heterocycles. The van der Waals surface area contributed by atoms with Crippen molar-refractivity contribution in [3.63, 3.8) is 0 Å². The van der Waals surface area contributed by atoms with Gasteiger partial charge in [-0.15, -0.1) is 0 Å². The molecule has 0 bridgehead atoms. The second-order valence-electron chi connectivity index (χ2n) is 7.53. The molecule has 3 aromatic carbocycles. The molecule has 0 fully saturated rings. The van der Waals surface area contributed by atoms with Crippen LogP contribution >= 0.6 is 0 Å². The molecule has 0 amide bonds. The quantitative estimate of drug-likeness (QED) is 0.215. The van der Waals surface area contributed by atoms with Crippen molar-refractivity contribution in [2.24, 2.45) is 0 Å². The molecule has 7 nitrogen and oxygen atoms in total. The third-order valence-corrected chi connectivity index (χ3v) is 6.95. The van der Waals surface area contributed by atoms with Crippen LogP contribution in [-0.2, 0) is 25.8 Å². The van der Waals surface area contributed by atoms with Crippen LogP contribution in [0, 0.1) is 24.0 Å². The van der Waals surface area contributed by atoms with E-state index in [9.17, 15) is 23.3 Å². The van der Waals surface area contributed by atoms with Gasteiger partial charge in [-0.1, -0.05) is 54.1 Å². The number of carbonyl (C=O) groups excluding carboxylic acids is 1. The van der Waals surface area contributed by atoms with Crippen molar-refractivity contribution in [1.82, 2.24) is 0 Å². The van der Waals surface area contributed by atoms with E-state index in [-0.39, 0.29) is 17.0 Å². The molecule has 3 aromatic rings. The predicted octanol–water partition coefficient (Wildman–Crippen LogP) is 4.79. The van der Waals surface area contributed by atoms with Crippen LogP contribution in [0.4, 0.5) is 5.69 Å². The summed E-state index contributed by atoms with van der Waals surface area (Å²) in [6.45, 7) is 3.68. The predicted molar refractivity (Wildman–Crippen MR) is 125 cm³/mol. The summed E-state index contributed by atoms with van der Waals surface area (Å²) < 4.78 is 31.3. The zero-order valence-electron chi connectivity index (χ0n) is 18.4. The molecule has 170 valence electrons. The molecule has 0 aromatic heterocycles. The standard InChI is InChI=1S/C25H23NO6S/c1-17-13-18(2)22(20(14-17)15-19-9-7-8-12-23(19)26(28)29)16-24(25(27)32-3)33(30,31)21-10-5-4-6-11-21/h4-14,16H,15H2,1-3H3/b24-16+. The number of benzene rings is 3. The highest BCUT2D eigenvalue weighted by Gasteiger charge is 2.28. The van der Waals surface area contributed by atoms with E-state index in [4.69, 9.17) is 4.74 Å². The highest BCUT2D eigenvalue weighted by Crippen LogP contribution is 2.29. The molecule has 0 aliphatic rings. The Bertz CT molecular complexity index is 1340. The maximum Gasteiger partial charge on any atom is 0.349 e. The molecule has 0 radical (unpaired) electrons. The van der Waals surface area contributed by atoms with Crippen molar-refractivity contribution >= 4 is 27.6 Å². The van der Waals surface area contributed by atoms with Crippen molar-refractivity contribution in [2.75, 3.05) is 7.11 Å². The van der Waals surface area contributed by atoms with Crippen molar-refractivity contribution in [1.29, 1.82) is 0 Å². The van der Waals surface area contributed by atoms with Crippen LogP contribution in [0.1, 0.15) is 27.8 Å². The summed E-state index contributed by atoms with van der Waals surface area (Å²) >= 11 is 0. The first-order valence-corrected chi connectivity index (χ1v) is 11.6. The minimum absolute atomic E-state index is 0.0308. The third kappa shape index (κ3) is 5.18. The van der Waals surface area contributed by atoms with Gasteiger partial charge in [0, 0.05) is 18.1 Å². The zero-order chi connectivity index (χ0) is 24.2. The maximum absolute atomic E-state index is 13.3. The molecular formula is C25H23NO6S. The molecule has 33 heavy (non-hydrogen) atoms. The lowest BCUT2D eigenvalue weighted by atomic mass is 9.93. The van der Waals surface area contributed by atoms with Crippen molar-refractivity contribution in [2.45, 2.75) is 25.2 Å². The maximum atomic E-state index is 13.3. The summed E-state index contributed by atoms with van der Waals surface area (Å²) in [6, 6.07) is 17.7. The Balaban J connectivity index is 2.23. The summed E-state index contributed by atoms with van der Waals surface area (Å²) in [4.78, 5) is 23.1. The Hall–Kier alpha value is -3.78. The molecule has 0 N–H and O–H groups in total. The number of hydrogen-bond donors (Lipinski definition) is 0. The number of aryl methyl sites for hydroxylation is 2. The Labute approximate surface area is 192 Å². The number of hydrogen-bond acceptors (Lipinski definition) is 6. The lowest BCUT2D eigenvalue weighted by Crippen LogP contribution is -2.16. The number of para-hydroxylation sites is 1. The largest absolute Gasteiger partial charge is 0.465 e. The molecule has 0 aliphatic carbocycles. The summed E-state index contributed by atoms with van der Waals surface area (Å²) in [5.41, 5.74) is 3.24. The first kappa shape index (κ1) is 23.9. The molecule has 3 rings (SSSR count). The number of methoxy groups -OCH3 is 1. The first-order valence-electron chi connectivity index (χ1n) is 10.1. The van der Waals surface area contributed by atoms with Crippen LogP contribution in [0.2, 0.25) is 0 Å². The molecule has 0 heterocycles. The minimum Gasteiger partial charge on any atom is -0.465 e. The molecule has 0 unspecified atom stereocenters. The van der Waals surface area contributed by atoms with Crippen LogP contribution in [-0.4, -0.2) is 26.4 Å². The second-order valence-corrected chi connectivity index (χ2v) is 9.45. The van der Waals surface area contributed by atoms with Gasteiger partial charge in [-0.05, 0) is 48.7 Å². The Kier molecular flexibility index (Phi) is 7.08. The molecular weight excluding hydrogens is 442 g/mol. The first-order chi connectivity index (χ1) is 15.6. The number of nitrogens with zero attached hydrogens (tertiary/aromatic N) is 1. The van der Waals surface area contributed by atoms with Crippen molar-refractivity contribution < 1.29 is 22.9 Å². The number of nitro groups is 1. The summed E-state index contributed by atoms with van der Waals surface area (Å²) in [7, 11) is -3.05. The van der Waals surface area contributed by atoms with Gasteiger partial charge >= 0.3 is 5.97 Å². The van der Waals surface area contributed by atoms with Gasteiger partial charge in [0.05, 0.1) is 16.9 Å². The molecule has 0 saturated carbocycles. The lowest BCUT2D eigenvalue weighted by molar-refractivity contribution is -0.385. The fourth-order valence-electron chi connectivity index (χ4n) is 3.67. The van der Waals surface area contributed by atoms with Crippen molar-refractivity contribution in [3.05, 3.63) is 110 Å². The van der Waals surface area contributed by atoms with E-state index in [0.29, 0.717) is 16.7 Å². The van der Waals surface area contributed by atoms with Crippen LogP contribution < -0.4 is 0 Å². The van der Waals surface area contributed by atoms with Gasteiger partial charge in [0.25, 0.3) is 5.69 Å². The Morgan fingerprint density at radius 1 is 1.00 bits per heavy atom. The number of carbonyl (C=O) groups is 1. The molecule has 0 atom stereocenters. The van der Waals surface area contributed by atoms with Crippen LogP contribution in [0.5, 0.6) is 0 Å². The minimum atomic E-state index is -4.17. The van der Waals surface area contributed by atoms with Crippen LogP contribution in [0.15, 0.2) is 76.5 Å². The van der Waals surface area contributed by atoms with E-state index >= 15 is 0 Å². The topological polar surface area (TPSA) is 104 Å². The van der Waals surface area contributed by atoms with E-state index < -0.39 is 25.6 Å². The number of ether oxygens (including phenoxy) is 1. The number of rotatable bonds is 7. The molecule has 0 spiro atoms. The van der Waals surface area contributed by atoms with Gasteiger partial charge < -0.3 is 4.74 Å². The van der Waals surface area contributed by atoms with Gasteiger partial charge in [0.2, 0.25) is 9.84 Å². The van der Waals surface area contributed by atoms with E-state index in [1.807, 2.05) is 19.1 Å². The van der Waals surface area contributed by atoms with Gasteiger partial charge in [-0.2, -0.15) is 0 Å². The number of sulfone groups is 1. The van der Waals surface area contributed by atoms with Crippen LogP contribution in [0.25, 0.3) is 6.08 Å². The van der Waals surface area contributed by atoms with E-state index in [1.165, 1.54) is 24.3 Å². The Morgan fingerprint density at radius 2 is 1.64 bits per heavy atom. The fraction of sp³-hybridized carbons (Fsp3) is 0.160. The second kappa shape index (κ2) is 9.79. The average molecular weight is 466 g/mol. The smallest absolute Gasteiger partial charge is 0.349 e. The SMILES string of the molecule is COC(=O)/C(=C\c1c(C)cc(C)cc1Cc1ccccc1[N+](=O)[O-])S(=O)(=O)c1ccccc1. The van der Waals surface area contributed by atoms with Gasteiger partial charge in [0.15, 0.2) is 4.91 Å². The van der Waals surface area contributed by atoms with E-state index in [2.05, 4.69) is 0 Å². The summed E-state index contributed by atoms with van der Waals surface area (Å²) in [6.07, 6.45) is 1.48.